The standard InChI is InChI=1S/C13H17N5O4S/c1-7-11(10(13(19)20)16-15-7)23(21,22)17-9(8-3-4-8)12-14-5-6-18(12)2/h5-6,8-9,17H,3-4H2,1-2H3,(H,15,16)(H,19,20). The molecule has 1 aliphatic carbocycles. The minimum atomic E-state index is -4.05. The first kappa shape index (κ1) is 15.7. The molecule has 1 fully saturated rings. The van der Waals surface area contributed by atoms with Gasteiger partial charge in [0, 0.05) is 19.4 Å². The van der Waals surface area contributed by atoms with Crippen LogP contribution in [0.15, 0.2) is 17.3 Å². The lowest BCUT2D eigenvalue weighted by Gasteiger charge is -2.18. The third kappa shape index (κ3) is 2.86. The average molecular weight is 339 g/mol. The molecule has 2 heterocycles. The first-order valence-corrected chi connectivity index (χ1v) is 8.57. The van der Waals surface area contributed by atoms with Crippen LogP contribution in [-0.2, 0) is 17.1 Å². The summed E-state index contributed by atoms with van der Waals surface area (Å²) in [6.45, 7) is 1.47. The predicted octanol–water partition coefficient (Wildman–Crippen LogP) is 0.579. The van der Waals surface area contributed by atoms with Crippen LogP contribution in [0.25, 0.3) is 0 Å². The van der Waals surface area contributed by atoms with E-state index in [1.54, 1.807) is 24.0 Å². The van der Waals surface area contributed by atoms with Crippen molar-refractivity contribution in [3.8, 4) is 0 Å². The first-order chi connectivity index (χ1) is 10.8. The number of hydrogen-bond acceptors (Lipinski definition) is 5. The minimum Gasteiger partial charge on any atom is -0.476 e. The molecule has 10 heteroatoms. The van der Waals surface area contributed by atoms with E-state index < -0.39 is 27.7 Å². The number of sulfonamides is 1. The highest BCUT2D eigenvalue weighted by Gasteiger charge is 2.39. The van der Waals surface area contributed by atoms with Crippen LogP contribution in [0, 0.1) is 12.8 Å². The van der Waals surface area contributed by atoms with E-state index in [0.29, 0.717) is 5.82 Å². The van der Waals surface area contributed by atoms with Crippen molar-refractivity contribution in [3.05, 3.63) is 29.6 Å². The summed E-state index contributed by atoms with van der Waals surface area (Å²) in [6.07, 6.45) is 5.14. The summed E-state index contributed by atoms with van der Waals surface area (Å²) in [6, 6.07) is -0.490. The van der Waals surface area contributed by atoms with Crippen molar-refractivity contribution in [2.24, 2.45) is 13.0 Å². The van der Waals surface area contributed by atoms with E-state index in [2.05, 4.69) is 19.9 Å². The van der Waals surface area contributed by atoms with Crippen molar-refractivity contribution in [3.63, 3.8) is 0 Å². The molecule has 0 radical (unpaired) electrons. The summed E-state index contributed by atoms with van der Waals surface area (Å²) in [5.74, 6) is -0.629. The van der Waals surface area contributed by atoms with E-state index >= 15 is 0 Å². The van der Waals surface area contributed by atoms with Crippen LogP contribution in [0.5, 0.6) is 0 Å². The highest BCUT2D eigenvalue weighted by atomic mass is 32.2. The van der Waals surface area contributed by atoms with Gasteiger partial charge in [0.2, 0.25) is 10.0 Å². The molecule has 1 aliphatic rings. The molecule has 0 saturated heterocycles. The van der Waals surface area contributed by atoms with Crippen LogP contribution in [0.3, 0.4) is 0 Å². The van der Waals surface area contributed by atoms with Crippen molar-refractivity contribution in [1.82, 2.24) is 24.5 Å². The maximum absolute atomic E-state index is 12.7. The second kappa shape index (κ2) is 5.46. The fourth-order valence-corrected chi connectivity index (χ4v) is 4.17. The molecule has 1 saturated carbocycles. The second-order valence-electron chi connectivity index (χ2n) is 5.66. The van der Waals surface area contributed by atoms with E-state index in [-0.39, 0.29) is 16.5 Å². The van der Waals surface area contributed by atoms with Gasteiger partial charge in [-0.25, -0.2) is 22.9 Å². The molecule has 2 aromatic rings. The molecule has 1 atom stereocenters. The lowest BCUT2D eigenvalue weighted by atomic mass is 10.2. The number of aromatic amines is 1. The summed E-state index contributed by atoms with van der Waals surface area (Å²) in [7, 11) is -2.26. The summed E-state index contributed by atoms with van der Waals surface area (Å²) in [4.78, 5) is 15.1. The van der Waals surface area contributed by atoms with Gasteiger partial charge in [-0.1, -0.05) is 0 Å². The molecular weight excluding hydrogens is 322 g/mol. The number of carboxylic acid groups (broad SMARTS) is 1. The Hall–Kier alpha value is -2.20. The van der Waals surface area contributed by atoms with E-state index in [9.17, 15) is 13.2 Å². The normalized spacial score (nSPS) is 16.4. The summed E-state index contributed by atoms with van der Waals surface area (Å²) < 4.78 is 29.8. The number of aryl methyl sites for hydroxylation is 2. The fraction of sp³-hybridized carbons (Fsp3) is 0.462. The van der Waals surface area contributed by atoms with Crippen LogP contribution in [0.4, 0.5) is 0 Å². The Morgan fingerprint density at radius 1 is 1.52 bits per heavy atom. The molecule has 3 rings (SSSR count). The fourth-order valence-electron chi connectivity index (χ4n) is 2.58. The van der Waals surface area contributed by atoms with Crippen molar-refractivity contribution >= 4 is 16.0 Å². The van der Waals surface area contributed by atoms with Gasteiger partial charge < -0.3 is 9.67 Å². The second-order valence-corrected chi connectivity index (χ2v) is 7.32. The number of carboxylic acids is 1. The van der Waals surface area contributed by atoms with Crippen LogP contribution < -0.4 is 4.72 Å². The molecule has 2 aromatic heterocycles. The van der Waals surface area contributed by atoms with Crippen molar-refractivity contribution < 1.29 is 18.3 Å². The summed E-state index contributed by atoms with van der Waals surface area (Å²) in [5.41, 5.74) is -0.325. The first-order valence-electron chi connectivity index (χ1n) is 7.09. The van der Waals surface area contributed by atoms with Crippen molar-refractivity contribution in [2.45, 2.75) is 30.7 Å². The van der Waals surface area contributed by atoms with Gasteiger partial charge in [0.05, 0.1) is 11.7 Å². The molecule has 0 bridgehead atoms. The predicted molar refractivity (Wildman–Crippen MR) is 79.3 cm³/mol. The number of aromatic carboxylic acids is 1. The van der Waals surface area contributed by atoms with E-state index in [1.165, 1.54) is 6.92 Å². The molecule has 3 N–H and O–H groups in total. The van der Waals surface area contributed by atoms with Gasteiger partial charge in [0.25, 0.3) is 0 Å². The topological polar surface area (TPSA) is 130 Å². The van der Waals surface area contributed by atoms with Gasteiger partial charge in [0.1, 0.15) is 10.7 Å². The Bertz CT molecular complexity index is 850. The third-order valence-electron chi connectivity index (χ3n) is 3.87. The maximum atomic E-state index is 12.7. The highest BCUT2D eigenvalue weighted by Crippen LogP contribution is 2.41. The number of carbonyl (C=O) groups is 1. The molecule has 0 amide bonds. The maximum Gasteiger partial charge on any atom is 0.357 e. The third-order valence-corrected chi connectivity index (χ3v) is 5.48. The summed E-state index contributed by atoms with van der Waals surface area (Å²) in [5, 5.41) is 15.1. The molecule has 0 aromatic carbocycles. The zero-order chi connectivity index (χ0) is 16.8. The molecule has 124 valence electrons. The van der Waals surface area contributed by atoms with Gasteiger partial charge in [-0.3, -0.25) is 5.10 Å². The van der Waals surface area contributed by atoms with E-state index in [4.69, 9.17) is 5.11 Å². The Labute approximate surface area is 132 Å². The van der Waals surface area contributed by atoms with Crippen LogP contribution >= 0.6 is 0 Å². The average Bonchev–Trinajstić information content (AvgIpc) is 3.10. The number of nitrogens with zero attached hydrogens (tertiary/aromatic N) is 3. The summed E-state index contributed by atoms with van der Waals surface area (Å²) >= 11 is 0. The molecular formula is C13H17N5O4S. The van der Waals surface area contributed by atoms with Gasteiger partial charge in [0.15, 0.2) is 5.69 Å². The lowest BCUT2D eigenvalue weighted by Crippen LogP contribution is -2.32. The molecule has 23 heavy (non-hydrogen) atoms. The van der Waals surface area contributed by atoms with Crippen molar-refractivity contribution in [1.29, 1.82) is 0 Å². The van der Waals surface area contributed by atoms with Gasteiger partial charge >= 0.3 is 5.97 Å². The minimum absolute atomic E-state index is 0.159. The number of hydrogen-bond donors (Lipinski definition) is 3. The number of rotatable bonds is 6. The van der Waals surface area contributed by atoms with Crippen molar-refractivity contribution in [2.75, 3.05) is 0 Å². The SMILES string of the molecule is Cc1[nH]nc(C(=O)O)c1S(=O)(=O)NC(c1nccn1C)C1CC1. The quantitative estimate of drug-likeness (QED) is 0.706. The van der Waals surface area contributed by atoms with Gasteiger partial charge in [-0.05, 0) is 25.7 Å². The molecule has 0 aliphatic heterocycles. The van der Waals surface area contributed by atoms with E-state index in [0.717, 1.165) is 12.8 Å². The molecule has 1 unspecified atom stereocenters. The number of aromatic nitrogens is 4. The van der Waals surface area contributed by atoms with Crippen LogP contribution in [0.2, 0.25) is 0 Å². The van der Waals surface area contributed by atoms with E-state index in [1.807, 2.05) is 0 Å². The van der Waals surface area contributed by atoms with Gasteiger partial charge in [-0.15, -0.1) is 0 Å². The Kier molecular flexibility index (Phi) is 3.72. The zero-order valence-electron chi connectivity index (χ0n) is 12.6. The van der Waals surface area contributed by atoms with Crippen LogP contribution in [0.1, 0.15) is 40.9 Å². The zero-order valence-corrected chi connectivity index (χ0v) is 13.5. The number of H-pyrrole nitrogens is 1. The Morgan fingerprint density at radius 3 is 2.74 bits per heavy atom. The number of imidazole rings is 1. The Morgan fingerprint density at radius 2 is 2.22 bits per heavy atom. The number of nitrogens with one attached hydrogen (secondary N) is 2. The monoisotopic (exact) mass is 339 g/mol. The highest BCUT2D eigenvalue weighted by molar-refractivity contribution is 7.89. The Balaban J connectivity index is 1.99. The lowest BCUT2D eigenvalue weighted by molar-refractivity contribution is 0.0686. The smallest absolute Gasteiger partial charge is 0.357 e. The van der Waals surface area contributed by atoms with Crippen LogP contribution in [-0.4, -0.2) is 39.2 Å². The largest absolute Gasteiger partial charge is 0.476 e. The van der Waals surface area contributed by atoms with Gasteiger partial charge in [-0.2, -0.15) is 5.10 Å². The molecule has 9 nitrogen and oxygen atoms in total. The molecule has 0 spiro atoms.